The van der Waals surface area contributed by atoms with E-state index in [-0.39, 0.29) is 5.91 Å². The van der Waals surface area contributed by atoms with Gasteiger partial charge in [-0.05, 0) is 41.8 Å². The van der Waals surface area contributed by atoms with Gasteiger partial charge < -0.3 is 5.32 Å². The maximum absolute atomic E-state index is 12.6. The van der Waals surface area contributed by atoms with Crippen molar-refractivity contribution in [3.05, 3.63) is 87.7 Å². The van der Waals surface area contributed by atoms with Gasteiger partial charge in [-0.3, -0.25) is 4.79 Å². The zero-order valence-electron chi connectivity index (χ0n) is 16.0. The van der Waals surface area contributed by atoms with Crippen molar-refractivity contribution < 1.29 is 4.79 Å². The highest BCUT2D eigenvalue weighted by Gasteiger charge is 2.11. The maximum atomic E-state index is 12.6. The van der Waals surface area contributed by atoms with Gasteiger partial charge >= 0.3 is 0 Å². The Morgan fingerprint density at radius 3 is 2.54 bits per heavy atom. The number of fused-ring (bicyclic) bond motifs is 1. The molecule has 1 heterocycles. The van der Waals surface area contributed by atoms with Crippen LogP contribution in [0.2, 0.25) is 0 Å². The summed E-state index contributed by atoms with van der Waals surface area (Å²) in [4.78, 5) is 18.5. The Kier molecular flexibility index (Phi) is 5.22. The molecule has 0 saturated heterocycles. The molecule has 3 aromatic carbocycles. The van der Waals surface area contributed by atoms with E-state index in [0.717, 1.165) is 28.2 Å². The van der Waals surface area contributed by atoms with Gasteiger partial charge in [0.2, 0.25) is 0 Å². The fourth-order valence-corrected chi connectivity index (χ4v) is 4.34. The van der Waals surface area contributed by atoms with E-state index < -0.39 is 0 Å². The number of benzene rings is 3. The Morgan fingerprint density at radius 2 is 1.75 bits per heavy atom. The topological polar surface area (TPSA) is 42.0 Å². The second-order valence-electron chi connectivity index (χ2n) is 6.76. The lowest BCUT2D eigenvalue weighted by atomic mass is 10.0. The van der Waals surface area contributed by atoms with E-state index in [1.165, 1.54) is 15.6 Å². The minimum absolute atomic E-state index is 0.0651. The van der Waals surface area contributed by atoms with Crippen LogP contribution in [0.1, 0.15) is 32.7 Å². The third-order valence-electron chi connectivity index (χ3n) is 4.87. The molecule has 0 spiro atoms. The second kappa shape index (κ2) is 7.95. The molecule has 0 bridgehead atoms. The van der Waals surface area contributed by atoms with Crippen molar-refractivity contribution in [2.75, 3.05) is 0 Å². The summed E-state index contributed by atoms with van der Waals surface area (Å²) in [6.45, 7) is 4.68. The molecular weight excluding hydrogens is 364 g/mol. The van der Waals surface area contributed by atoms with Gasteiger partial charge in [0.25, 0.3) is 5.91 Å². The number of rotatable bonds is 5. The predicted molar refractivity (Wildman–Crippen MR) is 117 cm³/mol. The summed E-state index contributed by atoms with van der Waals surface area (Å²) in [6, 6.07) is 22.1. The number of nitrogens with one attached hydrogen (secondary N) is 1. The Bertz CT molecular complexity index is 1120. The zero-order chi connectivity index (χ0) is 19.5. The minimum Gasteiger partial charge on any atom is -0.348 e. The van der Waals surface area contributed by atoms with Crippen molar-refractivity contribution in [2.24, 2.45) is 0 Å². The lowest BCUT2D eigenvalue weighted by Crippen LogP contribution is -2.22. The van der Waals surface area contributed by atoms with Crippen molar-refractivity contribution in [3.8, 4) is 11.3 Å². The molecule has 0 saturated carbocycles. The molecule has 0 aliphatic carbocycles. The Labute approximate surface area is 169 Å². The number of nitrogens with zero attached hydrogens (tertiary/aromatic N) is 1. The standard InChI is InChI=1S/C24H22N2OS/c1-3-22-23(26-16(2)28-22)18-11-13-19(14-12-18)24(27)25-15-20-9-6-8-17-7-4-5-10-21(17)20/h4-14H,3,15H2,1-2H3,(H,25,27). The molecule has 1 amide bonds. The Hall–Kier alpha value is -2.98. The van der Waals surface area contributed by atoms with Crippen LogP contribution in [0.5, 0.6) is 0 Å². The summed E-state index contributed by atoms with van der Waals surface area (Å²) in [5, 5.41) is 6.47. The summed E-state index contributed by atoms with van der Waals surface area (Å²) in [6.07, 6.45) is 0.966. The number of hydrogen-bond acceptors (Lipinski definition) is 3. The van der Waals surface area contributed by atoms with Crippen LogP contribution in [-0.4, -0.2) is 10.9 Å². The van der Waals surface area contributed by atoms with E-state index in [9.17, 15) is 4.79 Å². The first-order chi connectivity index (χ1) is 13.7. The zero-order valence-corrected chi connectivity index (χ0v) is 16.8. The van der Waals surface area contributed by atoms with Gasteiger partial charge in [0, 0.05) is 22.5 Å². The fraction of sp³-hybridized carbons (Fsp3) is 0.167. The third-order valence-corrected chi connectivity index (χ3v) is 5.98. The molecule has 0 aliphatic heterocycles. The Morgan fingerprint density at radius 1 is 1.00 bits per heavy atom. The lowest BCUT2D eigenvalue weighted by molar-refractivity contribution is 0.0951. The number of hydrogen-bond donors (Lipinski definition) is 1. The quantitative estimate of drug-likeness (QED) is 0.473. The monoisotopic (exact) mass is 386 g/mol. The van der Waals surface area contributed by atoms with Gasteiger partial charge in [0.1, 0.15) is 0 Å². The first kappa shape index (κ1) is 18.4. The molecule has 3 nitrogen and oxygen atoms in total. The number of aryl methyl sites for hydroxylation is 2. The summed E-state index contributed by atoms with van der Waals surface area (Å²) < 4.78 is 0. The Balaban J connectivity index is 1.49. The SMILES string of the molecule is CCc1sc(C)nc1-c1ccc(C(=O)NCc2cccc3ccccc23)cc1. The molecule has 0 radical (unpaired) electrons. The molecule has 0 unspecified atom stereocenters. The van der Waals surface area contributed by atoms with E-state index in [4.69, 9.17) is 0 Å². The van der Waals surface area contributed by atoms with Gasteiger partial charge in [-0.25, -0.2) is 4.98 Å². The van der Waals surface area contributed by atoms with E-state index in [1.54, 1.807) is 11.3 Å². The summed E-state index contributed by atoms with van der Waals surface area (Å²) >= 11 is 1.74. The number of carbonyl (C=O) groups excluding carboxylic acids is 1. The lowest BCUT2D eigenvalue weighted by Gasteiger charge is -2.09. The molecule has 140 valence electrons. The smallest absolute Gasteiger partial charge is 0.251 e. The van der Waals surface area contributed by atoms with Crippen LogP contribution in [-0.2, 0) is 13.0 Å². The highest BCUT2D eigenvalue weighted by Crippen LogP contribution is 2.28. The molecule has 4 rings (SSSR count). The van der Waals surface area contributed by atoms with Crippen LogP contribution in [0.25, 0.3) is 22.0 Å². The van der Waals surface area contributed by atoms with Gasteiger partial charge in [0.05, 0.1) is 10.7 Å². The second-order valence-corrected chi connectivity index (χ2v) is 8.04. The van der Waals surface area contributed by atoms with Crippen molar-refractivity contribution >= 4 is 28.0 Å². The average Bonchev–Trinajstić information content (AvgIpc) is 3.13. The number of aromatic nitrogens is 1. The summed E-state index contributed by atoms with van der Waals surface area (Å²) in [5.74, 6) is -0.0651. The van der Waals surface area contributed by atoms with Gasteiger partial charge in [-0.2, -0.15) is 0 Å². The summed E-state index contributed by atoms with van der Waals surface area (Å²) in [5.41, 5.74) is 3.88. The summed E-state index contributed by atoms with van der Waals surface area (Å²) in [7, 11) is 0. The molecule has 4 aromatic rings. The van der Waals surface area contributed by atoms with Crippen LogP contribution in [0.4, 0.5) is 0 Å². The first-order valence-electron chi connectivity index (χ1n) is 9.47. The van der Waals surface area contributed by atoms with Crippen molar-refractivity contribution in [2.45, 2.75) is 26.8 Å². The average molecular weight is 387 g/mol. The van der Waals surface area contributed by atoms with E-state index >= 15 is 0 Å². The van der Waals surface area contributed by atoms with Crippen molar-refractivity contribution in [3.63, 3.8) is 0 Å². The normalized spacial score (nSPS) is 10.9. The van der Waals surface area contributed by atoms with Crippen LogP contribution in [0.3, 0.4) is 0 Å². The van der Waals surface area contributed by atoms with Crippen LogP contribution < -0.4 is 5.32 Å². The van der Waals surface area contributed by atoms with Crippen LogP contribution >= 0.6 is 11.3 Å². The van der Waals surface area contributed by atoms with Crippen molar-refractivity contribution in [1.29, 1.82) is 0 Å². The van der Waals surface area contributed by atoms with Crippen LogP contribution in [0, 0.1) is 6.92 Å². The largest absolute Gasteiger partial charge is 0.348 e. The highest BCUT2D eigenvalue weighted by atomic mass is 32.1. The maximum Gasteiger partial charge on any atom is 0.251 e. The molecule has 1 aromatic heterocycles. The molecule has 0 atom stereocenters. The molecule has 0 fully saturated rings. The first-order valence-corrected chi connectivity index (χ1v) is 10.3. The number of amides is 1. The fourth-order valence-electron chi connectivity index (χ4n) is 3.44. The predicted octanol–water partition coefficient (Wildman–Crippen LogP) is 5.76. The molecule has 0 aliphatic rings. The van der Waals surface area contributed by atoms with Gasteiger partial charge in [0.15, 0.2) is 0 Å². The molecule has 28 heavy (non-hydrogen) atoms. The van der Waals surface area contributed by atoms with Gasteiger partial charge in [-0.1, -0.05) is 61.5 Å². The molecular formula is C24H22N2OS. The minimum atomic E-state index is -0.0651. The van der Waals surface area contributed by atoms with Crippen molar-refractivity contribution in [1.82, 2.24) is 10.3 Å². The number of carbonyl (C=O) groups is 1. The van der Waals surface area contributed by atoms with Crippen LogP contribution in [0.15, 0.2) is 66.7 Å². The molecule has 1 N–H and O–H groups in total. The molecule has 4 heteroatoms. The van der Waals surface area contributed by atoms with E-state index in [2.05, 4.69) is 41.5 Å². The third kappa shape index (κ3) is 3.69. The number of thiazole rings is 1. The van der Waals surface area contributed by atoms with Gasteiger partial charge in [-0.15, -0.1) is 11.3 Å². The van der Waals surface area contributed by atoms with E-state index in [1.807, 2.05) is 49.4 Å². The van der Waals surface area contributed by atoms with E-state index in [0.29, 0.717) is 12.1 Å². The highest BCUT2D eigenvalue weighted by molar-refractivity contribution is 7.12.